The van der Waals surface area contributed by atoms with Gasteiger partial charge in [0, 0.05) is 27.5 Å². The van der Waals surface area contributed by atoms with Crippen LogP contribution in [0.15, 0.2) is 127 Å². The summed E-state index contributed by atoms with van der Waals surface area (Å²) in [4.78, 5) is 5.10. The summed E-state index contributed by atoms with van der Waals surface area (Å²) in [5.74, 6) is 0.335. The molecule has 0 amide bonds. The molecule has 0 aromatic heterocycles. The lowest BCUT2D eigenvalue weighted by Gasteiger charge is -2.37. The molecule has 0 saturated heterocycles. The van der Waals surface area contributed by atoms with Gasteiger partial charge in [0.1, 0.15) is 0 Å². The molecule has 0 N–H and O–H groups in total. The van der Waals surface area contributed by atoms with Crippen LogP contribution in [0.25, 0.3) is 32.3 Å². The molecular formula is C52H50N2. The Kier molecular flexibility index (Phi) is 8.08. The Morgan fingerprint density at radius 2 is 1.00 bits per heavy atom. The topological polar surface area (TPSA) is 6.48 Å². The molecule has 54 heavy (non-hydrogen) atoms. The molecule has 8 aromatic carbocycles. The van der Waals surface area contributed by atoms with Gasteiger partial charge >= 0.3 is 0 Å². The molecule has 0 unspecified atom stereocenters. The van der Waals surface area contributed by atoms with Crippen LogP contribution >= 0.6 is 0 Å². The van der Waals surface area contributed by atoms with Crippen LogP contribution in [0.2, 0.25) is 0 Å². The zero-order chi connectivity index (χ0) is 37.5. The molecule has 0 spiro atoms. The summed E-state index contributed by atoms with van der Waals surface area (Å²) in [6.45, 7) is 18.7. The molecule has 0 bridgehead atoms. The first-order valence-corrected chi connectivity index (χ1v) is 19.7. The highest BCUT2D eigenvalue weighted by molar-refractivity contribution is 6.30. The van der Waals surface area contributed by atoms with Gasteiger partial charge in [-0.3, -0.25) is 0 Å². The molecule has 8 aromatic rings. The van der Waals surface area contributed by atoms with Crippen molar-refractivity contribution in [3.63, 3.8) is 0 Å². The molecule has 2 heteroatoms. The predicted molar refractivity (Wildman–Crippen MR) is 234 cm³/mol. The molecule has 9 rings (SSSR count). The van der Waals surface area contributed by atoms with Crippen LogP contribution in [0.5, 0.6) is 0 Å². The van der Waals surface area contributed by atoms with E-state index in [2.05, 4.69) is 193 Å². The second kappa shape index (κ2) is 12.8. The highest BCUT2D eigenvalue weighted by Crippen LogP contribution is 2.55. The summed E-state index contributed by atoms with van der Waals surface area (Å²) in [6.07, 6.45) is 2.16. The minimum absolute atomic E-state index is 0.0250. The van der Waals surface area contributed by atoms with Crippen molar-refractivity contribution in [2.45, 2.75) is 79.6 Å². The summed E-state index contributed by atoms with van der Waals surface area (Å²) in [6, 6.07) is 47.9. The molecule has 0 atom stereocenters. The van der Waals surface area contributed by atoms with Crippen LogP contribution < -0.4 is 9.80 Å². The number of hydrogen-bond acceptors (Lipinski definition) is 2. The van der Waals surface area contributed by atoms with Crippen molar-refractivity contribution < 1.29 is 0 Å². The monoisotopic (exact) mass is 702 g/mol. The maximum atomic E-state index is 2.59. The molecule has 1 aliphatic carbocycles. The second-order valence-corrected chi connectivity index (χ2v) is 16.7. The molecule has 0 saturated carbocycles. The molecule has 0 fully saturated rings. The zero-order valence-electron chi connectivity index (χ0n) is 33.0. The Morgan fingerprint density at radius 3 is 1.52 bits per heavy atom. The number of benzene rings is 8. The van der Waals surface area contributed by atoms with Gasteiger partial charge in [-0.2, -0.15) is 0 Å². The number of anilines is 6. The van der Waals surface area contributed by atoms with Gasteiger partial charge in [0.2, 0.25) is 0 Å². The lowest BCUT2D eigenvalue weighted by atomic mass is 9.70. The quantitative estimate of drug-likeness (QED) is 0.153. The fourth-order valence-corrected chi connectivity index (χ4v) is 9.58. The lowest BCUT2D eigenvalue weighted by molar-refractivity contribution is 0.475. The van der Waals surface area contributed by atoms with Crippen LogP contribution in [-0.2, 0) is 11.8 Å². The lowest BCUT2D eigenvalue weighted by Crippen LogP contribution is -2.24. The maximum absolute atomic E-state index is 2.59. The molecule has 2 nitrogen and oxygen atoms in total. The first-order chi connectivity index (χ1) is 26.0. The van der Waals surface area contributed by atoms with Crippen LogP contribution in [0.3, 0.4) is 0 Å². The summed E-state index contributed by atoms with van der Waals surface area (Å²) < 4.78 is 0. The highest BCUT2D eigenvalue weighted by atomic mass is 15.2. The first kappa shape index (κ1) is 34.2. The third kappa shape index (κ3) is 5.22. The number of nitrogens with zero attached hydrogens (tertiary/aromatic N) is 2. The van der Waals surface area contributed by atoms with E-state index < -0.39 is 0 Å². The minimum atomic E-state index is 0.0250. The van der Waals surface area contributed by atoms with E-state index in [1.807, 2.05) is 0 Å². The Morgan fingerprint density at radius 1 is 0.500 bits per heavy atom. The Hall–Kier alpha value is -5.60. The van der Waals surface area contributed by atoms with Crippen LogP contribution in [0.1, 0.15) is 79.0 Å². The van der Waals surface area contributed by atoms with Crippen LogP contribution in [0.4, 0.5) is 34.1 Å². The summed E-state index contributed by atoms with van der Waals surface area (Å²) in [7, 11) is 0. The van der Waals surface area contributed by atoms with E-state index in [1.165, 1.54) is 105 Å². The fourth-order valence-electron chi connectivity index (χ4n) is 9.58. The van der Waals surface area contributed by atoms with E-state index in [-0.39, 0.29) is 5.41 Å². The largest absolute Gasteiger partial charge is 0.309 e. The van der Waals surface area contributed by atoms with E-state index >= 15 is 0 Å². The Labute approximate surface area is 321 Å². The van der Waals surface area contributed by atoms with Crippen molar-refractivity contribution in [1.29, 1.82) is 0 Å². The van der Waals surface area contributed by atoms with Gasteiger partial charge in [-0.25, -0.2) is 0 Å². The number of rotatable bonds is 7. The van der Waals surface area contributed by atoms with E-state index in [0.717, 1.165) is 12.8 Å². The molecular weight excluding hydrogens is 653 g/mol. The molecule has 0 heterocycles. The van der Waals surface area contributed by atoms with Crippen LogP contribution in [0, 0.1) is 27.7 Å². The molecule has 268 valence electrons. The third-order valence-electron chi connectivity index (χ3n) is 12.3. The van der Waals surface area contributed by atoms with Gasteiger partial charge < -0.3 is 9.80 Å². The van der Waals surface area contributed by atoms with E-state index in [4.69, 9.17) is 0 Å². The summed E-state index contributed by atoms with van der Waals surface area (Å²) in [5, 5.41) is 8.25. The van der Waals surface area contributed by atoms with Gasteiger partial charge in [0.15, 0.2) is 0 Å². The molecule has 1 aliphatic rings. The van der Waals surface area contributed by atoms with Crippen molar-refractivity contribution in [2.24, 2.45) is 0 Å². The molecule has 0 aliphatic heterocycles. The summed E-state index contributed by atoms with van der Waals surface area (Å²) in [5.41, 5.74) is 16.8. The van der Waals surface area contributed by atoms with Gasteiger partial charge in [0.25, 0.3) is 0 Å². The maximum Gasteiger partial charge on any atom is 0.0543 e. The smallest absolute Gasteiger partial charge is 0.0543 e. The Balaban J connectivity index is 1.49. The van der Waals surface area contributed by atoms with E-state index in [0.29, 0.717) is 5.92 Å². The van der Waals surface area contributed by atoms with Crippen molar-refractivity contribution >= 4 is 66.4 Å². The van der Waals surface area contributed by atoms with E-state index in [1.54, 1.807) is 0 Å². The standard InChI is InChI=1S/C52H50N2/c1-32(2)42-31-46(54(39-23-13-10-14-24-39)51-35(5)19-16-20-36(51)6)43-30-44-47-37(27-28-52(44,7)8)29-45(41-26-25-40(42)48(43)49(41)47)53(38-21-11-9-12-22-38)50-33(3)17-15-18-34(50)4/h9-26,29-32H,27-28H2,1-8H3. The third-order valence-corrected chi connectivity index (χ3v) is 12.3. The van der Waals surface area contributed by atoms with Gasteiger partial charge in [-0.05, 0) is 149 Å². The number of aryl methyl sites for hydroxylation is 5. The second-order valence-electron chi connectivity index (χ2n) is 16.7. The number of hydrogen-bond donors (Lipinski definition) is 0. The predicted octanol–water partition coefficient (Wildman–Crippen LogP) is 15.1. The Bertz CT molecular complexity index is 2660. The number of para-hydroxylation sites is 4. The van der Waals surface area contributed by atoms with Crippen LogP contribution in [-0.4, -0.2) is 0 Å². The summed E-state index contributed by atoms with van der Waals surface area (Å²) >= 11 is 0. The van der Waals surface area contributed by atoms with Gasteiger partial charge in [-0.1, -0.05) is 113 Å². The normalized spacial score (nSPS) is 13.7. The van der Waals surface area contributed by atoms with Crippen molar-refractivity contribution in [3.8, 4) is 0 Å². The van der Waals surface area contributed by atoms with Gasteiger partial charge in [0.05, 0.1) is 22.7 Å². The average Bonchev–Trinajstić information content (AvgIpc) is 3.16. The first-order valence-electron chi connectivity index (χ1n) is 19.7. The van der Waals surface area contributed by atoms with Gasteiger partial charge in [-0.15, -0.1) is 0 Å². The molecule has 0 radical (unpaired) electrons. The van der Waals surface area contributed by atoms with Crippen molar-refractivity contribution in [3.05, 3.63) is 166 Å². The van der Waals surface area contributed by atoms with Crippen molar-refractivity contribution in [2.75, 3.05) is 9.80 Å². The fraction of sp³-hybridized carbons (Fsp3) is 0.231. The van der Waals surface area contributed by atoms with Crippen molar-refractivity contribution in [1.82, 2.24) is 0 Å². The van der Waals surface area contributed by atoms with E-state index in [9.17, 15) is 0 Å². The zero-order valence-corrected chi connectivity index (χ0v) is 33.0. The SMILES string of the molecule is Cc1cccc(C)c1N(c1ccccc1)c1cc(C(C)C)c2ccc3c(N(c4ccccc4)c4c(C)cccc4C)cc4c5c(cc1c2c35)C(C)(C)CC4. The average molecular weight is 703 g/mol. The minimum Gasteiger partial charge on any atom is -0.309 e. The highest BCUT2D eigenvalue weighted by Gasteiger charge is 2.34.